The molecule has 15 heavy (non-hydrogen) atoms. The van der Waals surface area contributed by atoms with E-state index in [2.05, 4.69) is 20.5 Å². The van der Waals surface area contributed by atoms with Crippen LogP contribution in [-0.2, 0) is 4.79 Å². The molecular formula is C9H15N5O. The molecular weight excluding hydrogens is 194 g/mol. The van der Waals surface area contributed by atoms with Crippen molar-refractivity contribution >= 4 is 11.9 Å². The van der Waals surface area contributed by atoms with Gasteiger partial charge in [0.05, 0.1) is 18.4 Å². The molecule has 3 N–H and O–H groups in total. The molecule has 6 heteroatoms. The zero-order valence-corrected chi connectivity index (χ0v) is 8.84. The summed E-state index contributed by atoms with van der Waals surface area (Å²) in [5.74, 6) is 0.0280. The topological polar surface area (TPSA) is 93.8 Å². The molecule has 0 bridgehead atoms. The minimum absolute atomic E-state index is 0.127. The predicted octanol–water partition coefficient (Wildman–Crippen LogP) is 0.183. The monoisotopic (exact) mass is 209 g/mol. The van der Waals surface area contributed by atoms with Crippen LogP contribution in [0.1, 0.15) is 20.3 Å². The first-order valence-corrected chi connectivity index (χ1v) is 4.85. The van der Waals surface area contributed by atoms with Gasteiger partial charge in [-0.15, -0.1) is 5.10 Å². The molecule has 0 aromatic carbocycles. The molecule has 0 aliphatic carbocycles. The maximum Gasteiger partial charge on any atom is 0.249 e. The minimum atomic E-state index is -0.543. The Balaban J connectivity index is 2.56. The van der Waals surface area contributed by atoms with E-state index in [1.165, 1.54) is 12.4 Å². The van der Waals surface area contributed by atoms with Gasteiger partial charge in [-0.2, -0.15) is 5.10 Å². The molecule has 0 aliphatic heterocycles. The predicted molar refractivity (Wildman–Crippen MR) is 55.9 cm³/mol. The van der Waals surface area contributed by atoms with Crippen LogP contribution >= 0.6 is 0 Å². The Morgan fingerprint density at radius 1 is 1.60 bits per heavy atom. The fourth-order valence-electron chi connectivity index (χ4n) is 1.01. The Hall–Kier alpha value is -1.56. The number of aromatic nitrogens is 3. The first-order valence-electron chi connectivity index (χ1n) is 4.85. The lowest BCUT2D eigenvalue weighted by molar-refractivity contribution is -0.118. The summed E-state index contributed by atoms with van der Waals surface area (Å²) in [6, 6.07) is -0.543. The van der Waals surface area contributed by atoms with E-state index in [0.29, 0.717) is 0 Å². The lowest BCUT2D eigenvalue weighted by atomic mass is 10.00. The van der Waals surface area contributed by atoms with E-state index in [9.17, 15) is 4.79 Å². The van der Waals surface area contributed by atoms with Gasteiger partial charge < -0.3 is 5.73 Å². The fourth-order valence-corrected chi connectivity index (χ4v) is 1.01. The van der Waals surface area contributed by atoms with Gasteiger partial charge in [-0.3, -0.25) is 10.1 Å². The van der Waals surface area contributed by atoms with E-state index in [0.717, 1.165) is 6.42 Å². The smallest absolute Gasteiger partial charge is 0.249 e. The Morgan fingerprint density at radius 3 is 2.87 bits per heavy atom. The average Bonchev–Trinajstić information content (AvgIpc) is 2.28. The van der Waals surface area contributed by atoms with E-state index >= 15 is 0 Å². The number of hydrogen-bond acceptors (Lipinski definition) is 5. The number of carbonyl (C=O) groups excluding carboxylic acids is 1. The molecule has 0 fully saturated rings. The number of anilines is 1. The highest BCUT2D eigenvalue weighted by Gasteiger charge is 2.19. The lowest BCUT2D eigenvalue weighted by Gasteiger charge is -2.16. The molecule has 0 saturated carbocycles. The van der Waals surface area contributed by atoms with E-state index in [1.54, 1.807) is 0 Å². The number of nitrogens with zero attached hydrogens (tertiary/aromatic N) is 3. The number of carbonyl (C=O) groups is 1. The van der Waals surface area contributed by atoms with Crippen molar-refractivity contribution in [2.75, 3.05) is 5.32 Å². The third-order valence-corrected chi connectivity index (χ3v) is 2.28. The number of hydrogen-bond donors (Lipinski definition) is 2. The second kappa shape index (κ2) is 5.35. The molecule has 1 rings (SSSR count). The number of nitrogens with two attached hydrogens (primary N) is 1. The summed E-state index contributed by atoms with van der Waals surface area (Å²) < 4.78 is 0. The maximum absolute atomic E-state index is 11.6. The molecule has 0 saturated heterocycles. The molecule has 2 atom stereocenters. The second-order valence-corrected chi connectivity index (χ2v) is 3.37. The van der Waals surface area contributed by atoms with Crippen LogP contribution in [0.2, 0.25) is 0 Å². The number of nitrogens with one attached hydrogen (secondary N) is 1. The van der Waals surface area contributed by atoms with Crippen molar-refractivity contribution < 1.29 is 4.79 Å². The summed E-state index contributed by atoms with van der Waals surface area (Å²) >= 11 is 0. The van der Waals surface area contributed by atoms with Crippen LogP contribution in [0.4, 0.5) is 5.95 Å². The van der Waals surface area contributed by atoms with E-state index in [-0.39, 0.29) is 17.8 Å². The summed E-state index contributed by atoms with van der Waals surface area (Å²) in [5, 5.41) is 9.74. The first kappa shape index (κ1) is 11.5. The van der Waals surface area contributed by atoms with Gasteiger partial charge in [-0.25, -0.2) is 4.98 Å². The molecule has 0 aliphatic rings. The van der Waals surface area contributed by atoms with Crippen LogP contribution in [0, 0.1) is 5.92 Å². The van der Waals surface area contributed by atoms with Gasteiger partial charge in [0.1, 0.15) is 0 Å². The molecule has 1 amide bonds. The molecule has 1 aromatic heterocycles. The SMILES string of the molecule is CC[C@H](C)[C@H](N)C(=O)Nc1nccnn1. The van der Waals surface area contributed by atoms with Crippen molar-refractivity contribution in [3.63, 3.8) is 0 Å². The standard InChI is InChI=1S/C9H15N5O/c1-3-6(2)7(10)8(15)13-9-11-4-5-12-14-9/h4-7H,3,10H2,1-2H3,(H,11,13,14,15)/t6-,7-/m0/s1. The molecule has 1 heterocycles. The normalized spacial score (nSPS) is 14.3. The molecule has 6 nitrogen and oxygen atoms in total. The quantitative estimate of drug-likeness (QED) is 0.738. The van der Waals surface area contributed by atoms with Gasteiger partial charge >= 0.3 is 0 Å². The molecule has 0 unspecified atom stereocenters. The van der Waals surface area contributed by atoms with Crippen LogP contribution in [-0.4, -0.2) is 27.1 Å². The van der Waals surface area contributed by atoms with Gasteiger partial charge in [0.25, 0.3) is 0 Å². The molecule has 0 spiro atoms. The Bertz CT molecular complexity index is 316. The summed E-state index contributed by atoms with van der Waals surface area (Å²) in [5.41, 5.74) is 5.73. The van der Waals surface area contributed by atoms with Crippen molar-refractivity contribution in [2.45, 2.75) is 26.3 Å². The summed E-state index contributed by atoms with van der Waals surface area (Å²) in [6.07, 6.45) is 3.74. The third kappa shape index (κ3) is 3.25. The zero-order valence-electron chi connectivity index (χ0n) is 8.84. The van der Waals surface area contributed by atoms with E-state index in [1.807, 2.05) is 13.8 Å². The maximum atomic E-state index is 11.6. The van der Waals surface area contributed by atoms with Crippen molar-refractivity contribution in [2.24, 2.45) is 11.7 Å². The Kier molecular flexibility index (Phi) is 4.11. The van der Waals surface area contributed by atoms with Crippen LogP contribution in [0.15, 0.2) is 12.4 Å². The molecule has 1 aromatic rings. The lowest BCUT2D eigenvalue weighted by Crippen LogP contribution is -2.41. The van der Waals surface area contributed by atoms with Gasteiger partial charge in [-0.1, -0.05) is 20.3 Å². The fraction of sp³-hybridized carbons (Fsp3) is 0.556. The van der Waals surface area contributed by atoms with Gasteiger partial charge in [0.2, 0.25) is 11.9 Å². The highest BCUT2D eigenvalue weighted by molar-refractivity contribution is 5.93. The molecule has 0 radical (unpaired) electrons. The van der Waals surface area contributed by atoms with Crippen molar-refractivity contribution in [1.82, 2.24) is 15.2 Å². The summed E-state index contributed by atoms with van der Waals surface area (Å²) in [6.45, 7) is 3.91. The Labute approximate surface area is 88.3 Å². The first-order chi connectivity index (χ1) is 7.15. The molecule has 82 valence electrons. The third-order valence-electron chi connectivity index (χ3n) is 2.28. The van der Waals surface area contributed by atoms with Crippen molar-refractivity contribution in [3.05, 3.63) is 12.4 Å². The minimum Gasteiger partial charge on any atom is -0.320 e. The van der Waals surface area contributed by atoms with E-state index in [4.69, 9.17) is 5.73 Å². The number of amides is 1. The van der Waals surface area contributed by atoms with Crippen molar-refractivity contribution in [3.8, 4) is 0 Å². The van der Waals surface area contributed by atoms with Crippen LogP contribution < -0.4 is 11.1 Å². The Morgan fingerprint density at radius 2 is 2.33 bits per heavy atom. The van der Waals surface area contributed by atoms with Gasteiger partial charge in [-0.05, 0) is 5.92 Å². The highest BCUT2D eigenvalue weighted by Crippen LogP contribution is 2.06. The largest absolute Gasteiger partial charge is 0.320 e. The van der Waals surface area contributed by atoms with Gasteiger partial charge in [0.15, 0.2) is 0 Å². The van der Waals surface area contributed by atoms with Crippen LogP contribution in [0.5, 0.6) is 0 Å². The summed E-state index contributed by atoms with van der Waals surface area (Å²) in [4.78, 5) is 15.4. The highest BCUT2D eigenvalue weighted by atomic mass is 16.2. The average molecular weight is 209 g/mol. The second-order valence-electron chi connectivity index (χ2n) is 3.37. The van der Waals surface area contributed by atoms with E-state index < -0.39 is 6.04 Å². The summed E-state index contributed by atoms with van der Waals surface area (Å²) in [7, 11) is 0. The number of rotatable bonds is 4. The van der Waals surface area contributed by atoms with Crippen molar-refractivity contribution in [1.29, 1.82) is 0 Å². The van der Waals surface area contributed by atoms with Crippen LogP contribution in [0.3, 0.4) is 0 Å². The van der Waals surface area contributed by atoms with Gasteiger partial charge in [0, 0.05) is 0 Å². The zero-order chi connectivity index (χ0) is 11.3. The van der Waals surface area contributed by atoms with Crippen LogP contribution in [0.25, 0.3) is 0 Å².